The van der Waals surface area contributed by atoms with Gasteiger partial charge in [-0.15, -0.1) is 11.3 Å². The summed E-state index contributed by atoms with van der Waals surface area (Å²) in [5.74, 6) is -6.46. The van der Waals surface area contributed by atoms with Gasteiger partial charge in [-0.05, 0) is 54.1 Å². The zero-order chi connectivity index (χ0) is 35.1. The standard InChI is InChI=1S/C32H18F8N2O5S/c1-47-23-10-5-14(17-3-2-4-19(25(17)34)30(45)46)11-20(23)28(43)42-26-18-8-6-15(31(35,36)37)12-24(18)48-27(26)29(44)41-16-7-9-22(33)21(13-16)32(38,39)40/h2-13H,1H3,(H,41,44)(H,42,43)(H,45,46). The lowest BCUT2D eigenvalue weighted by Gasteiger charge is -2.14. The van der Waals surface area contributed by atoms with Crippen LogP contribution in [0.3, 0.4) is 0 Å². The molecule has 16 heteroatoms. The van der Waals surface area contributed by atoms with Crippen molar-refractivity contribution >= 4 is 50.6 Å². The minimum absolute atomic E-state index is 0.0429. The Morgan fingerprint density at radius 3 is 2.17 bits per heavy atom. The van der Waals surface area contributed by atoms with Crippen LogP contribution < -0.4 is 15.4 Å². The largest absolute Gasteiger partial charge is 0.496 e. The lowest BCUT2D eigenvalue weighted by atomic mass is 9.99. The number of anilines is 2. The molecular formula is C32H18F8N2O5S. The number of methoxy groups -OCH3 is 1. The van der Waals surface area contributed by atoms with Gasteiger partial charge >= 0.3 is 18.3 Å². The van der Waals surface area contributed by atoms with E-state index in [1.54, 1.807) is 0 Å². The minimum atomic E-state index is -5.11. The highest BCUT2D eigenvalue weighted by atomic mass is 32.1. The van der Waals surface area contributed by atoms with Crippen LogP contribution in [0, 0.1) is 11.6 Å². The SMILES string of the molecule is COc1ccc(-c2cccc(C(=O)O)c2F)cc1C(=O)Nc1c(C(=O)Nc2ccc(F)c(C(F)(F)F)c2)sc2cc(C(F)(F)F)ccc12. The Balaban J connectivity index is 1.59. The summed E-state index contributed by atoms with van der Waals surface area (Å²) in [5, 5.41) is 13.8. The molecule has 0 saturated heterocycles. The van der Waals surface area contributed by atoms with Gasteiger partial charge in [-0.3, -0.25) is 9.59 Å². The normalized spacial score (nSPS) is 11.8. The maximum atomic E-state index is 15.0. The van der Waals surface area contributed by atoms with E-state index in [4.69, 9.17) is 4.74 Å². The number of hydrogen-bond donors (Lipinski definition) is 3. The van der Waals surface area contributed by atoms with Gasteiger partial charge in [-0.1, -0.05) is 24.3 Å². The highest BCUT2D eigenvalue weighted by Crippen LogP contribution is 2.41. The van der Waals surface area contributed by atoms with Crippen molar-refractivity contribution in [3.63, 3.8) is 0 Å². The van der Waals surface area contributed by atoms with Gasteiger partial charge in [0.15, 0.2) is 0 Å². The minimum Gasteiger partial charge on any atom is -0.496 e. The number of fused-ring (bicyclic) bond motifs is 1. The number of carbonyl (C=O) groups excluding carboxylic acids is 2. The molecule has 0 aliphatic carbocycles. The Kier molecular flexibility index (Phi) is 8.88. The molecule has 48 heavy (non-hydrogen) atoms. The van der Waals surface area contributed by atoms with Gasteiger partial charge in [0.05, 0.1) is 35.1 Å². The summed E-state index contributed by atoms with van der Waals surface area (Å²) in [5.41, 5.74) is -4.65. The molecule has 7 nitrogen and oxygen atoms in total. The molecule has 0 unspecified atom stereocenters. The molecule has 0 saturated carbocycles. The summed E-state index contributed by atoms with van der Waals surface area (Å²) < 4.78 is 114. The summed E-state index contributed by atoms with van der Waals surface area (Å²) >= 11 is 0.488. The monoisotopic (exact) mass is 694 g/mol. The maximum absolute atomic E-state index is 15.0. The second-order valence-corrected chi connectivity index (χ2v) is 11.1. The van der Waals surface area contributed by atoms with Crippen LogP contribution in [-0.4, -0.2) is 30.0 Å². The van der Waals surface area contributed by atoms with E-state index in [0.717, 1.165) is 24.3 Å². The third kappa shape index (κ3) is 6.64. The molecule has 1 aromatic heterocycles. The van der Waals surface area contributed by atoms with E-state index in [1.165, 1.54) is 31.4 Å². The fourth-order valence-corrected chi connectivity index (χ4v) is 5.81. The number of benzene rings is 4. The van der Waals surface area contributed by atoms with Crippen LogP contribution in [0.5, 0.6) is 5.75 Å². The number of amides is 2. The maximum Gasteiger partial charge on any atom is 0.419 e. The first kappa shape index (κ1) is 33.8. The molecule has 3 N–H and O–H groups in total. The average Bonchev–Trinajstić information content (AvgIpc) is 3.38. The van der Waals surface area contributed by atoms with Gasteiger partial charge in [0.1, 0.15) is 22.3 Å². The molecule has 0 radical (unpaired) electrons. The van der Waals surface area contributed by atoms with Crippen molar-refractivity contribution in [3.8, 4) is 16.9 Å². The first-order valence-electron chi connectivity index (χ1n) is 13.3. The van der Waals surface area contributed by atoms with Crippen molar-refractivity contribution in [2.24, 2.45) is 0 Å². The van der Waals surface area contributed by atoms with Crippen LogP contribution in [0.2, 0.25) is 0 Å². The number of rotatable bonds is 7. The molecule has 2 amide bonds. The molecule has 0 atom stereocenters. The Labute approximate surface area is 268 Å². The predicted octanol–water partition coefficient (Wildman–Crippen LogP) is 9.10. The molecule has 0 fully saturated rings. The van der Waals surface area contributed by atoms with E-state index < -0.39 is 69.0 Å². The number of nitrogens with one attached hydrogen (secondary N) is 2. The van der Waals surface area contributed by atoms with E-state index >= 15 is 4.39 Å². The first-order valence-corrected chi connectivity index (χ1v) is 14.1. The molecule has 5 rings (SSSR count). The van der Waals surface area contributed by atoms with Crippen molar-refractivity contribution in [1.29, 1.82) is 0 Å². The number of carbonyl (C=O) groups is 3. The average molecular weight is 695 g/mol. The number of carboxylic acid groups (broad SMARTS) is 1. The summed E-state index contributed by atoms with van der Waals surface area (Å²) in [6.07, 6.45) is -9.89. The Bertz CT molecular complexity index is 2110. The predicted molar refractivity (Wildman–Crippen MR) is 159 cm³/mol. The smallest absolute Gasteiger partial charge is 0.419 e. The molecule has 0 bridgehead atoms. The highest BCUT2D eigenvalue weighted by molar-refractivity contribution is 7.21. The van der Waals surface area contributed by atoms with Crippen LogP contribution in [0.25, 0.3) is 21.2 Å². The van der Waals surface area contributed by atoms with Gasteiger partial charge < -0.3 is 20.5 Å². The third-order valence-electron chi connectivity index (χ3n) is 6.98. The van der Waals surface area contributed by atoms with Gasteiger partial charge in [0.25, 0.3) is 11.8 Å². The van der Waals surface area contributed by atoms with E-state index in [0.29, 0.717) is 35.6 Å². The lowest BCUT2D eigenvalue weighted by molar-refractivity contribution is -0.140. The first-order chi connectivity index (χ1) is 22.5. The van der Waals surface area contributed by atoms with Gasteiger partial charge in [0, 0.05) is 21.3 Å². The number of hydrogen-bond acceptors (Lipinski definition) is 5. The molecular weight excluding hydrogens is 676 g/mol. The molecule has 4 aromatic carbocycles. The molecule has 0 spiro atoms. The third-order valence-corrected chi connectivity index (χ3v) is 8.13. The molecule has 5 aromatic rings. The van der Waals surface area contributed by atoms with Crippen LogP contribution in [0.15, 0.2) is 72.8 Å². The summed E-state index contributed by atoms with van der Waals surface area (Å²) in [6.45, 7) is 0. The Hall–Kier alpha value is -5.51. The second kappa shape index (κ2) is 12.6. The van der Waals surface area contributed by atoms with E-state index in [1.807, 2.05) is 0 Å². The molecule has 1 heterocycles. The van der Waals surface area contributed by atoms with Crippen molar-refractivity contribution in [3.05, 3.63) is 112 Å². The zero-order valence-corrected chi connectivity index (χ0v) is 24.8. The lowest BCUT2D eigenvalue weighted by Crippen LogP contribution is -2.18. The highest BCUT2D eigenvalue weighted by Gasteiger charge is 2.35. The molecule has 248 valence electrons. The van der Waals surface area contributed by atoms with Gasteiger partial charge in [0.2, 0.25) is 0 Å². The van der Waals surface area contributed by atoms with E-state index in [-0.39, 0.29) is 38.2 Å². The van der Waals surface area contributed by atoms with Crippen molar-refractivity contribution in [2.75, 3.05) is 17.7 Å². The van der Waals surface area contributed by atoms with E-state index in [2.05, 4.69) is 10.6 Å². The summed E-state index contributed by atoms with van der Waals surface area (Å²) in [6, 6.07) is 11.4. The number of ether oxygens (including phenoxy) is 1. The van der Waals surface area contributed by atoms with Crippen molar-refractivity contribution in [2.45, 2.75) is 12.4 Å². The van der Waals surface area contributed by atoms with Gasteiger partial charge in [-0.2, -0.15) is 26.3 Å². The van der Waals surface area contributed by atoms with E-state index in [9.17, 15) is 50.2 Å². The van der Waals surface area contributed by atoms with Crippen LogP contribution >= 0.6 is 11.3 Å². The topological polar surface area (TPSA) is 105 Å². The van der Waals surface area contributed by atoms with Crippen molar-refractivity contribution in [1.82, 2.24) is 0 Å². The van der Waals surface area contributed by atoms with Gasteiger partial charge in [-0.25, -0.2) is 13.6 Å². The number of halogens is 8. The Morgan fingerprint density at radius 2 is 1.52 bits per heavy atom. The fraction of sp³-hybridized carbons (Fsp3) is 0.0938. The molecule has 0 aliphatic rings. The molecule has 0 aliphatic heterocycles. The summed E-state index contributed by atoms with van der Waals surface area (Å²) in [4.78, 5) is 38.1. The number of thiophene rings is 1. The number of aromatic carboxylic acids is 1. The Morgan fingerprint density at radius 1 is 0.792 bits per heavy atom. The van der Waals surface area contributed by atoms with Crippen LogP contribution in [0.1, 0.15) is 41.5 Å². The number of carboxylic acids is 1. The van der Waals surface area contributed by atoms with Crippen LogP contribution in [-0.2, 0) is 12.4 Å². The quantitative estimate of drug-likeness (QED) is 0.148. The number of alkyl halides is 6. The van der Waals surface area contributed by atoms with Crippen molar-refractivity contribution < 1.29 is 59.4 Å². The van der Waals surface area contributed by atoms with Crippen LogP contribution in [0.4, 0.5) is 46.5 Å². The zero-order valence-electron chi connectivity index (χ0n) is 23.9. The fourth-order valence-electron chi connectivity index (χ4n) is 4.72. The second-order valence-electron chi connectivity index (χ2n) is 10.0. The summed E-state index contributed by atoms with van der Waals surface area (Å²) in [7, 11) is 1.20.